The Kier molecular flexibility index (Phi) is 5.29. The molecule has 0 unspecified atom stereocenters. The van der Waals surface area contributed by atoms with E-state index in [1.54, 1.807) is 35.4 Å². The summed E-state index contributed by atoms with van der Waals surface area (Å²) in [6.07, 6.45) is 5.79. The van der Waals surface area contributed by atoms with E-state index in [9.17, 15) is 19.7 Å². The third-order valence-corrected chi connectivity index (χ3v) is 5.02. The lowest BCUT2D eigenvalue weighted by Crippen LogP contribution is -2.46. The fourth-order valence-electron chi connectivity index (χ4n) is 3.36. The van der Waals surface area contributed by atoms with E-state index in [1.807, 2.05) is 0 Å². The van der Waals surface area contributed by atoms with Crippen LogP contribution in [-0.2, 0) is 0 Å². The van der Waals surface area contributed by atoms with Crippen molar-refractivity contribution in [2.45, 2.75) is 18.9 Å². The summed E-state index contributed by atoms with van der Waals surface area (Å²) in [5, 5.41) is 17.9. The van der Waals surface area contributed by atoms with Crippen LogP contribution in [0, 0.1) is 10.1 Å². The lowest BCUT2D eigenvalue weighted by atomic mass is 10.0. The van der Waals surface area contributed by atoms with Gasteiger partial charge in [-0.1, -0.05) is 0 Å². The highest BCUT2D eigenvalue weighted by Crippen LogP contribution is 2.17. The number of furan rings is 1. The normalized spacial score (nSPS) is 14.5. The van der Waals surface area contributed by atoms with Crippen molar-refractivity contribution in [3.05, 3.63) is 76.5 Å². The van der Waals surface area contributed by atoms with Crippen LogP contribution in [0.15, 0.2) is 59.5 Å². The number of non-ortho nitro benzene ring substituents is 1. The highest BCUT2D eigenvalue weighted by molar-refractivity contribution is 5.94. The Morgan fingerprint density at radius 2 is 1.90 bits per heavy atom. The molecule has 0 aliphatic carbocycles. The number of likely N-dealkylation sites (tertiary alicyclic amines) is 1. The van der Waals surface area contributed by atoms with Crippen molar-refractivity contribution in [2.24, 2.45) is 0 Å². The minimum absolute atomic E-state index is 0.0132. The predicted molar refractivity (Wildman–Crippen MR) is 105 cm³/mol. The van der Waals surface area contributed by atoms with Crippen LogP contribution in [0.1, 0.15) is 33.8 Å². The Hall–Kier alpha value is -3.95. The van der Waals surface area contributed by atoms with Crippen LogP contribution >= 0.6 is 0 Å². The van der Waals surface area contributed by atoms with Gasteiger partial charge in [-0.25, -0.2) is 4.68 Å². The maximum Gasteiger partial charge on any atom is 0.289 e. The quantitative estimate of drug-likeness (QED) is 0.510. The van der Waals surface area contributed by atoms with Gasteiger partial charge in [-0.3, -0.25) is 19.7 Å². The first-order valence-electron chi connectivity index (χ1n) is 9.44. The van der Waals surface area contributed by atoms with Crippen molar-refractivity contribution in [3.8, 4) is 5.69 Å². The van der Waals surface area contributed by atoms with Gasteiger partial charge in [-0.05, 0) is 37.1 Å². The van der Waals surface area contributed by atoms with E-state index < -0.39 is 4.92 Å². The minimum Gasteiger partial charge on any atom is -0.459 e. The second-order valence-electron chi connectivity index (χ2n) is 6.96. The molecule has 2 aromatic heterocycles. The molecule has 1 aliphatic heterocycles. The summed E-state index contributed by atoms with van der Waals surface area (Å²) in [5.74, 6) is -0.0794. The number of piperidine rings is 1. The number of hydrogen-bond donors (Lipinski definition) is 1. The molecule has 3 aromatic rings. The van der Waals surface area contributed by atoms with E-state index in [-0.39, 0.29) is 23.5 Å². The first kappa shape index (κ1) is 19.4. The Morgan fingerprint density at radius 3 is 2.53 bits per heavy atom. The van der Waals surface area contributed by atoms with Crippen molar-refractivity contribution in [1.29, 1.82) is 0 Å². The summed E-state index contributed by atoms with van der Waals surface area (Å²) in [6, 6.07) is 9.18. The van der Waals surface area contributed by atoms with E-state index in [0.717, 1.165) is 0 Å². The van der Waals surface area contributed by atoms with Crippen molar-refractivity contribution < 1.29 is 18.9 Å². The zero-order valence-electron chi connectivity index (χ0n) is 15.9. The number of nitrogens with one attached hydrogen (secondary N) is 1. The molecule has 1 fully saturated rings. The monoisotopic (exact) mass is 409 g/mol. The van der Waals surface area contributed by atoms with Gasteiger partial charge >= 0.3 is 0 Å². The van der Waals surface area contributed by atoms with Crippen LogP contribution in [0.5, 0.6) is 0 Å². The average Bonchev–Trinajstić information content (AvgIpc) is 3.46. The summed E-state index contributed by atoms with van der Waals surface area (Å²) >= 11 is 0. The molecule has 2 amide bonds. The highest BCUT2D eigenvalue weighted by Gasteiger charge is 2.26. The standard InChI is InChI=1S/C20H19N5O5/c26-19(14-12-21-24(13-14)16-3-5-17(6-4-16)25(28)29)22-15-7-9-23(10-8-15)20(27)18-2-1-11-30-18/h1-6,11-13,15H,7-10H2,(H,22,26). The SMILES string of the molecule is O=C(NC1CCN(C(=O)c2ccco2)CC1)c1cnn(-c2ccc([N+](=O)[O-])cc2)c1. The minimum atomic E-state index is -0.473. The smallest absolute Gasteiger partial charge is 0.289 e. The molecule has 0 spiro atoms. The van der Waals surface area contributed by atoms with Crippen molar-refractivity contribution in [3.63, 3.8) is 0 Å². The van der Waals surface area contributed by atoms with Gasteiger partial charge in [0.2, 0.25) is 0 Å². The molecule has 30 heavy (non-hydrogen) atoms. The zero-order chi connectivity index (χ0) is 21.1. The lowest BCUT2D eigenvalue weighted by Gasteiger charge is -2.31. The number of aromatic nitrogens is 2. The van der Waals surface area contributed by atoms with Crippen molar-refractivity contribution >= 4 is 17.5 Å². The fraction of sp³-hybridized carbons (Fsp3) is 0.250. The lowest BCUT2D eigenvalue weighted by molar-refractivity contribution is -0.384. The molecule has 1 aromatic carbocycles. The molecule has 154 valence electrons. The maximum absolute atomic E-state index is 12.6. The Morgan fingerprint density at radius 1 is 1.17 bits per heavy atom. The third kappa shape index (κ3) is 4.07. The summed E-state index contributed by atoms with van der Waals surface area (Å²) in [4.78, 5) is 36.9. The van der Waals surface area contributed by atoms with Gasteiger partial charge in [0, 0.05) is 37.5 Å². The van der Waals surface area contributed by atoms with Crippen LogP contribution in [-0.4, -0.2) is 50.5 Å². The fourth-order valence-corrected chi connectivity index (χ4v) is 3.36. The predicted octanol–water partition coefficient (Wildman–Crippen LogP) is 2.41. The van der Waals surface area contributed by atoms with Gasteiger partial charge < -0.3 is 14.6 Å². The van der Waals surface area contributed by atoms with Gasteiger partial charge in [0.15, 0.2) is 5.76 Å². The molecule has 0 atom stereocenters. The van der Waals surface area contributed by atoms with Crippen LogP contribution in [0.25, 0.3) is 5.69 Å². The number of carbonyl (C=O) groups is 2. The van der Waals surface area contributed by atoms with Crippen molar-refractivity contribution in [2.75, 3.05) is 13.1 Å². The summed E-state index contributed by atoms with van der Waals surface area (Å²) in [6.45, 7) is 1.07. The third-order valence-electron chi connectivity index (χ3n) is 5.02. The molecule has 0 bridgehead atoms. The number of amides is 2. The number of nitro benzene ring substituents is 1. The van der Waals surface area contributed by atoms with Crippen LogP contribution < -0.4 is 5.32 Å². The summed E-state index contributed by atoms with van der Waals surface area (Å²) in [7, 11) is 0. The topological polar surface area (TPSA) is 124 Å². The summed E-state index contributed by atoms with van der Waals surface area (Å²) in [5.41, 5.74) is 0.993. The largest absolute Gasteiger partial charge is 0.459 e. The molecule has 0 radical (unpaired) electrons. The number of nitrogens with zero attached hydrogens (tertiary/aromatic N) is 4. The van der Waals surface area contributed by atoms with Crippen LogP contribution in [0.4, 0.5) is 5.69 Å². The maximum atomic E-state index is 12.6. The molecule has 3 heterocycles. The van der Waals surface area contributed by atoms with E-state index in [0.29, 0.717) is 42.9 Å². The zero-order valence-corrected chi connectivity index (χ0v) is 15.9. The number of carbonyl (C=O) groups excluding carboxylic acids is 2. The first-order valence-corrected chi connectivity index (χ1v) is 9.44. The number of rotatable bonds is 5. The van der Waals surface area contributed by atoms with Crippen LogP contribution in [0.3, 0.4) is 0 Å². The Bertz CT molecular complexity index is 1050. The molecule has 4 rings (SSSR count). The van der Waals surface area contributed by atoms with E-state index in [1.165, 1.54) is 29.3 Å². The Balaban J connectivity index is 1.33. The molecule has 1 N–H and O–H groups in total. The Labute approximate surface area is 171 Å². The van der Waals surface area contributed by atoms with Crippen LogP contribution in [0.2, 0.25) is 0 Å². The van der Waals surface area contributed by atoms with Gasteiger partial charge in [-0.15, -0.1) is 0 Å². The second kappa shape index (κ2) is 8.19. The second-order valence-corrected chi connectivity index (χ2v) is 6.96. The molecule has 1 aliphatic rings. The number of nitro groups is 1. The molecular formula is C20H19N5O5. The number of benzene rings is 1. The van der Waals surface area contributed by atoms with Gasteiger partial charge in [-0.2, -0.15) is 5.10 Å². The summed E-state index contributed by atoms with van der Waals surface area (Å²) < 4.78 is 6.64. The molecule has 1 saturated heterocycles. The van der Waals surface area contributed by atoms with E-state index >= 15 is 0 Å². The van der Waals surface area contributed by atoms with E-state index in [2.05, 4.69) is 10.4 Å². The molecular weight excluding hydrogens is 390 g/mol. The molecule has 10 nitrogen and oxygen atoms in total. The van der Waals surface area contributed by atoms with Gasteiger partial charge in [0.25, 0.3) is 17.5 Å². The van der Waals surface area contributed by atoms with Crippen molar-refractivity contribution in [1.82, 2.24) is 20.0 Å². The molecule has 0 saturated carbocycles. The first-order chi connectivity index (χ1) is 14.5. The van der Waals surface area contributed by atoms with E-state index in [4.69, 9.17) is 4.42 Å². The molecule has 10 heteroatoms. The average molecular weight is 409 g/mol. The highest BCUT2D eigenvalue weighted by atomic mass is 16.6. The number of hydrogen-bond acceptors (Lipinski definition) is 6. The van der Waals surface area contributed by atoms with Gasteiger partial charge in [0.1, 0.15) is 0 Å². The van der Waals surface area contributed by atoms with Gasteiger partial charge in [0.05, 0.1) is 28.6 Å².